The first-order valence-electron chi connectivity index (χ1n) is 10.9. The Morgan fingerprint density at radius 2 is 1.75 bits per heavy atom. The van der Waals surface area contributed by atoms with E-state index in [1.54, 1.807) is 0 Å². The van der Waals surface area contributed by atoms with Gasteiger partial charge in [0, 0.05) is 16.8 Å². The van der Waals surface area contributed by atoms with Gasteiger partial charge in [-0.15, -0.1) is 0 Å². The lowest BCUT2D eigenvalue weighted by Crippen LogP contribution is -2.12. The molecule has 4 nitrogen and oxygen atoms in total. The lowest BCUT2D eigenvalue weighted by atomic mass is 9.98. The quantitative estimate of drug-likeness (QED) is 0.322. The van der Waals surface area contributed by atoms with Crippen LogP contribution >= 0.6 is 0 Å². The van der Waals surface area contributed by atoms with Gasteiger partial charge in [0.05, 0.1) is 0 Å². The molecule has 5 rings (SSSR count). The highest BCUT2D eigenvalue weighted by molar-refractivity contribution is 6.12. The van der Waals surface area contributed by atoms with Gasteiger partial charge in [0.1, 0.15) is 5.52 Å². The topological polar surface area (TPSA) is 55.1 Å². The Morgan fingerprint density at radius 3 is 2.56 bits per heavy atom. The summed E-state index contributed by atoms with van der Waals surface area (Å²) in [4.78, 5) is 17.5. The highest BCUT2D eigenvalue weighted by atomic mass is 16.3. The zero-order valence-corrected chi connectivity index (χ0v) is 18.1. The van der Waals surface area contributed by atoms with Gasteiger partial charge in [0.25, 0.3) is 5.91 Å². The van der Waals surface area contributed by atoms with Crippen molar-refractivity contribution in [2.75, 3.05) is 5.32 Å². The average Bonchev–Trinajstić information content (AvgIpc) is 3.27. The predicted molar refractivity (Wildman–Crippen MR) is 130 cm³/mol. The van der Waals surface area contributed by atoms with Gasteiger partial charge in [-0.2, -0.15) is 0 Å². The van der Waals surface area contributed by atoms with Gasteiger partial charge in [-0.3, -0.25) is 4.79 Å². The van der Waals surface area contributed by atoms with Gasteiger partial charge < -0.3 is 9.73 Å². The summed E-state index contributed by atoms with van der Waals surface area (Å²) in [5.74, 6) is 0.936. The lowest BCUT2D eigenvalue weighted by molar-refractivity contribution is 0.102. The SMILES string of the molecule is CCC(C)c1ccc2oc(-c3ccc(NC(=O)c4cccc5ccccc45)cc3)nc2c1. The van der Waals surface area contributed by atoms with Crippen LogP contribution in [0, 0.1) is 0 Å². The molecule has 1 heterocycles. The average molecular weight is 421 g/mol. The molecule has 0 spiro atoms. The van der Waals surface area contributed by atoms with E-state index in [4.69, 9.17) is 4.42 Å². The fraction of sp³-hybridized carbons (Fsp3) is 0.143. The molecule has 0 saturated heterocycles. The standard InChI is InChI=1S/C28H24N2O2/c1-3-18(2)21-13-16-26-25(17-21)30-28(32-26)20-11-14-22(15-12-20)29-27(31)24-10-6-8-19-7-4-5-9-23(19)24/h4-18H,3H2,1-2H3,(H,29,31). The van der Waals surface area contributed by atoms with E-state index >= 15 is 0 Å². The molecule has 1 N–H and O–H groups in total. The maximum absolute atomic E-state index is 12.9. The van der Waals surface area contributed by atoms with E-state index in [9.17, 15) is 4.79 Å². The van der Waals surface area contributed by atoms with Crippen LogP contribution < -0.4 is 5.32 Å². The van der Waals surface area contributed by atoms with Crippen molar-refractivity contribution < 1.29 is 9.21 Å². The number of amides is 1. The van der Waals surface area contributed by atoms with Crippen molar-refractivity contribution in [3.05, 3.63) is 96.1 Å². The zero-order valence-electron chi connectivity index (χ0n) is 18.1. The van der Waals surface area contributed by atoms with Crippen LogP contribution in [0.3, 0.4) is 0 Å². The second-order valence-electron chi connectivity index (χ2n) is 8.11. The van der Waals surface area contributed by atoms with E-state index < -0.39 is 0 Å². The summed E-state index contributed by atoms with van der Waals surface area (Å²) in [6.07, 6.45) is 1.09. The molecule has 158 valence electrons. The fourth-order valence-corrected chi connectivity index (χ4v) is 3.93. The van der Waals surface area contributed by atoms with Crippen LogP contribution in [0.4, 0.5) is 5.69 Å². The van der Waals surface area contributed by atoms with Crippen molar-refractivity contribution in [3.8, 4) is 11.5 Å². The molecule has 5 aromatic rings. The Bertz CT molecular complexity index is 1410. The van der Waals surface area contributed by atoms with Gasteiger partial charge in [-0.1, -0.05) is 56.3 Å². The van der Waals surface area contributed by atoms with E-state index in [1.807, 2.05) is 72.8 Å². The third kappa shape index (κ3) is 3.76. The molecular weight excluding hydrogens is 396 g/mol. The molecule has 32 heavy (non-hydrogen) atoms. The Hall–Kier alpha value is -3.92. The first kappa shape index (κ1) is 20.0. The first-order valence-corrected chi connectivity index (χ1v) is 10.9. The molecular formula is C28H24N2O2. The minimum Gasteiger partial charge on any atom is -0.436 e. The van der Waals surface area contributed by atoms with Gasteiger partial charge in [-0.05, 0) is 71.1 Å². The monoisotopic (exact) mass is 420 g/mol. The fourth-order valence-electron chi connectivity index (χ4n) is 3.93. The molecule has 1 amide bonds. The van der Waals surface area contributed by atoms with Crippen LogP contribution in [-0.2, 0) is 0 Å². The van der Waals surface area contributed by atoms with Crippen molar-refractivity contribution >= 4 is 33.5 Å². The Morgan fingerprint density at radius 1 is 0.969 bits per heavy atom. The predicted octanol–water partition coefficient (Wildman–Crippen LogP) is 7.41. The number of aromatic nitrogens is 1. The molecule has 0 saturated carbocycles. The number of rotatable bonds is 5. The molecule has 4 aromatic carbocycles. The summed E-state index contributed by atoms with van der Waals surface area (Å²) >= 11 is 0. The van der Waals surface area contributed by atoms with Gasteiger partial charge in [0.2, 0.25) is 5.89 Å². The molecule has 0 radical (unpaired) electrons. The molecule has 1 aromatic heterocycles. The van der Waals surface area contributed by atoms with Gasteiger partial charge in [-0.25, -0.2) is 4.98 Å². The number of hydrogen-bond acceptors (Lipinski definition) is 3. The zero-order chi connectivity index (χ0) is 22.1. The largest absolute Gasteiger partial charge is 0.436 e. The van der Waals surface area contributed by atoms with E-state index in [-0.39, 0.29) is 5.91 Å². The van der Waals surface area contributed by atoms with E-state index in [0.717, 1.165) is 39.5 Å². The molecule has 0 fully saturated rings. The molecule has 0 aliphatic rings. The van der Waals surface area contributed by atoms with Crippen molar-refractivity contribution in [1.29, 1.82) is 0 Å². The van der Waals surface area contributed by atoms with Crippen molar-refractivity contribution in [2.24, 2.45) is 0 Å². The minimum atomic E-state index is -0.131. The number of oxazole rings is 1. The number of carbonyl (C=O) groups is 1. The normalized spacial score (nSPS) is 12.2. The lowest BCUT2D eigenvalue weighted by Gasteiger charge is -2.08. The summed E-state index contributed by atoms with van der Waals surface area (Å²) in [7, 11) is 0. The highest BCUT2D eigenvalue weighted by Crippen LogP contribution is 2.29. The number of benzene rings is 4. The van der Waals surface area contributed by atoms with Crippen molar-refractivity contribution in [2.45, 2.75) is 26.2 Å². The van der Waals surface area contributed by atoms with Crippen molar-refractivity contribution in [1.82, 2.24) is 4.98 Å². The van der Waals surface area contributed by atoms with Crippen LogP contribution in [0.5, 0.6) is 0 Å². The third-order valence-electron chi connectivity index (χ3n) is 6.02. The summed E-state index contributed by atoms with van der Waals surface area (Å²) in [5, 5.41) is 4.97. The number of carbonyl (C=O) groups excluding carboxylic acids is 1. The molecule has 0 aliphatic carbocycles. The highest BCUT2D eigenvalue weighted by Gasteiger charge is 2.13. The van der Waals surface area contributed by atoms with E-state index in [1.165, 1.54) is 5.56 Å². The number of anilines is 1. The van der Waals surface area contributed by atoms with E-state index in [0.29, 0.717) is 17.4 Å². The Balaban J connectivity index is 1.37. The summed E-state index contributed by atoms with van der Waals surface area (Å²) in [6, 6.07) is 27.4. The van der Waals surface area contributed by atoms with Gasteiger partial charge >= 0.3 is 0 Å². The molecule has 0 bridgehead atoms. The maximum atomic E-state index is 12.9. The number of nitrogens with one attached hydrogen (secondary N) is 1. The summed E-state index contributed by atoms with van der Waals surface area (Å²) in [6.45, 7) is 4.40. The number of fused-ring (bicyclic) bond motifs is 2. The van der Waals surface area contributed by atoms with Crippen molar-refractivity contribution in [3.63, 3.8) is 0 Å². The Labute approximate surface area is 186 Å². The van der Waals surface area contributed by atoms with Crippen LogP contribution in [-0.4, -0.2) is 10.9 Å². The van der Waals surface area contributed by atoms with Crippen LogP contribution in [0.1, 0.15) is 42.1 Å². The maximum Gasteiger partial charge on any atom is 0.256 e. The second kappa shape index (κ2) is 8.31. The molecule has 4 heteroatoms. The minimum absolute atomic E-state index is 0.131. The van der Waals surface area contributed by atoms with Crippen LogP contribution in [0.15, 0.2) is 89.3 Å². The van der Waals surface area contributed by atoms with Gasteiger partial charge in [0.15, 0.2) is 5.58 Å². The summed E-state index contributed by atoms with van der Waals surface area (Å²) in [5.41, 5.74) is 5.16. The van der Waals surface area contributed by atoms with Crippen LogP contribution in [0.2, 0.25) is 0 Å². The first-order chi connectivity index (χ1) is 15.6. The smallest absolute Gasteiger partial charge is 0.256 e. The second-order valence-corrected chi connectivity index (χ2v) is 8.11. The third-order valence-corrected chi connectivity index (χ3v) is 6.02. The van der Waals surface area contributed by atoms with Crippen LogP contribution in [0.25, 0.3) is 33.3 Å². The molecule has 0 aliphatic heterocycles. The van der Waals surface area contributed by atoms with E-state index in [2.05, 4.69) is 36.3 Å². The molecule has 1 atom stereocenters. The number of hydrogen-bond donors (Lipinski definition) is 1. The number of nitrogens with zero attached hydrogens (tertiary/aromatic N) is 1. The summed E-state index contributed by atoms with van der Waals surface area (Å²) < 4.78 is 5.96. The Kier molecular flexibility index (Phi) is 5.20. The molecule has 1 unspecified atom stereocenters.